The minimum absolute atomic E-state index is 0.203. The third-order valence-electron chi connectivity index (χ3n) is 6.30. The van der Waals surface area contributed by atoms with Crippen molar-refractivity contribution in [2.45, 2.75) is 33.3 Å². The van der Waals surface area contributed by atoms with Crippen molar-refractivity contribution in [1.82, 2.24) is 9.80 Å². The second kappa shape index (κ2) is 12.8. The number of amides is 3. The third-order valence-corrected chi connectivity index (χ3v) is 8.54. The summed E-state index contributed by atoms with van der Waals surface area (Å²) in [5.74, 6) is 0.859. The Morgan fingerprint density at radius 1 is 1.13 bits per heavy atom. The second-order valence-electron chi connectivity index (χ2n) is 9.13. The van der Waals surface area contributed by atoms with Crippen LogP contribution in [0.4, 0.5) is 4.79 Å². The van der Waals surface area contributed by atoms with E-state index in [1.165, 1.54) is 0 Å². The number of halogens is 3. The van der Waals surface area contributed by atoms with Crippen molar-refractivity contribution in [2.24, 2.45) is 5.92 Å². The second-order valence-corrected chi connectivity index (χ2v) is 11.8. The van der Waals surface area contributed by atoms with Crippen molar-refractivity contribution < 1.29 is 23.9 Å². The van der Waals surface area contributed by atoms with E-state index in [4.69, 9.17) is 32.7 Å². The molecule has 0 spiro atoms. The molecule has 3 amide bonds. The number of carbonyl (C=O) groups is 3. The number of hydrogen-bond acceptors (Lipinski definition) is 6. The zero-order valence-corrected chi connectivity index (χ0v) is 24.9. The Kier molecular flexibility index (Phi) is 9.68. The first-order valence-electron chi connectivity index (χ1n) is 12.2. The SMILES string of the molecule is CCOc1cc(/C=C2/SC(=O)N(CC(=O)N3CCC(C)CC3)C2=O)cc(Br)c1OCc1ccc(Cl)c(Cl)c1. The van der Waals surface area contributed by atoms with Gasteiger partial charge < -0.3 is 14.4 Å². The highest BCUT2D eigenvalue weighted by atomic mass is 79.9. The molecule has 2 aromatic carbocycles. The number of likely N-dealkylation sites (tertiary alicyclic amines) is 1. The summed E-state index contributed by atoms with van der Waals surface area (Å²) in [5.41, 5.74) is 1.48. The standard InChI is InChI=1S/C27H27BrCl2N2O5S/c1-3-36-22-12-18(10-19(28)25(22)37-15-17-4-5-20(29)21(30)11-17)13-23-26(34)32(27(35)38-23)14-24(33)31-8-6-16(2)7-9-31/h4-5,10-13,16H,3,6-9,14-15H2,1-2H3/b23-13+. The predicted octanol–water partition coefficient (Wildman–Crippen LogP) is 7.03. The molecule has 0 radical (unpaired) electrons. The Labute approximate surface area is 244 Å². The maximum atomic E-state index is 13.0. The number of carbonyl (C=O) groups excluding carboxylic acids is 3. The molecule has 0 aromatic heterocycles. The monoisotopic (exact) mass is 640 g/mol. The molecule has 0 unspecified atom stereocenters. The van der Waals surface area contributed by atoms with Gasteiger partial charge in [-0.25, -0.2) is 0 Å². The molecule has 2 saturated heterocycles. The first-order valence-corrected chi connectivity index (χ1v) is 14.6. The van der Waals surface area contributed by atoms with E-state index in [0.717, 1.165) is 35.1 Å². The first kappa shape index (κ1) is 28.8. The first-order chi connectivity index (χ1) is 18.2. The van der Waals surface area contributed by atoms with Gasteiger partial charge in [0.2, 0.25) is 5.91 Å². The van der Waals surface area contributed by atoms with Crippen LogP contribution in [0.2, 0.25) is 10.0 Å². The summed E-state index contributed by atoms with van der Waals surface area (Å²) in [6.07, 6.45) is 3.48. The van der Waals surface area contributed by atoms with Crippen LogP contribution in [0.5, 0.6) is 11.5 Å². The van der Waals surface area contributed by atoms with Crippen molar-refractivity contribution in [2.75, 3.05) is 26.2 Å². The van der Waals surface area contributed by atoms with Crippen LogP contribution in [0.3, 0.4) is 0 Å². The summed E-state index contributed by atoms with van der Waals surface area (Å²) in [5, 5.41) is 0.449. The number of imide groups is 1. The highest BCUT2D eigenvalue weighted by Crippen LogP contribution is 2.40. The van der Waals surface area contributed by atoms with Crippen LogP contribution < -0.4 is 9.47 Å². The molecule has 0 saturated carbocycles. The lowest BCUT2D eigenvalue weighted by atomic mass is 9.99. The van der Waals surface area contributed by atoms with Gasteiger partial charge in [0.1, 0.15) is 13.2 Å². The van der Waals surface area contributed by atoms with Gasteiger partial charge in [-0.1, -0.05) is 36.2 Å². The molecule has 4 rings (SSSR count). The van der Waals surface area contributed by atoms with Crippen molar-refractivity contribution in [1.29, 1.82) is 0 Å². The summed E-state index contributed by atoms with van der Waals surface area (Å²) in [6, 6.07) is 8.79. The van der Waals surface area contributed by atoms with Crippen molar-refractivity contribution >= 4 is 74.0 Å². The molecule has 0 aliphatic carbocycles. The van der Waals surface area contributed by atoms with Crippen LogP contribution in [-0.2, 0) is 16.2 Å². The summed E-state index contributed by atoms with van der Waals surface area (Å²) in [7, 11) is 0. The Morgan fingerprint density at radius 3 is 2.55 bits per heavy atom. The maximum absolute atomic E-state index is 13.0. The van der Waals surface area contributed by atoms with E-state index < -0.39 is 11.1 Å². The molecule has 0 atom stereocenters. The van der Waals surface area contributed by atoms with Gasteiger partial charge in [0.05, 0.1) is 26.0 Å². The van der Waals surface area contributed by atoms with Gasteiger partial charge in [0.25, 0.3) is 11.1 Å². The summed E-state index contributed by atoms with van der Waals surface area (Å²) in [6.45, 7) is 5.71. The molecule has 2 aliphatic rings. The van der Waals surface area contributed by atoms with Crippen molar-refractivity contribution in [3.8, 4) is 11.5 Å². The zero-order valence-electron chi connectivity index (χ0n) is 21.0. The minimum atomic E-state index is -0.479. The molecule has 2 fully saturated rings. The van der Waals surface area contributed by atoms with Gasteiger partial charge in [-0.15, -0.1) is 0 Å². The Morgan fingerprint density at radius 2 is 1.87 bits per heavy atom. The van der Waals surface area contributed by atoms with E-state index in [1.807, 2.05) is 13.0 Å². The molecular weight excluding hydrogens is 615 g/mol. The number of nitrogens with zero attached hydrogens (tertiary/aromatic N) is 2. The van der Waals surface area contributed by atoms with Crippen LogP contribution in [-0.4, -0.2) is 53.1 Å². The smallest absolute Gasteiger partial charge is 0.294 e. The average molecular weight is 642 g/mol. The topological polar surface area (TPSA) is 76.2 Å². The zero-order chi connectivity index (χ0) is 27.4. The molecule has 0 bridgehead atoms. The van der Waals surface area contributed by atoms with E-state index in [-0.39, 0.29) is 24.0 Å². The van der Waals surface area contributed by atoms with Crippen LogP contribution in [0, 0.1) is 5.92 Å². The van der Waals surface area contributed by atoms with Gasteiger partial charge >= 0.3 is 0 Å². The van der Waals surface area contributed by atoms with Crippen LogP contribution in [0.25, 0.3) is 6.08 Å². The third kappa shape index (κ3) is 6.86. The van der Waals surface area contributed by atoms with E-state index in [0.29, 0.717) is 57.2 Å². The fraction of sp³-hybridized carbons (Fsp3) is 0.370. The van der Waals surface area contributed by atoms with E-state index >= 15 is 0 Å². The average Bonchev–Trinajstić information content (AvgIpc) is 3.13. The molecule has 7 nitrogen and oxygen atoms in total. The fourth-order valence-electron chi connectivity index (χ4n) is 4.14. The largest absolute Gasteiger partial charge is 0.490 e. The molecule has 0 N–H and O–H groups in total. The highest BCUT2D eigenvalue weighted by Gasteiger charge is 2.37. The number of benzene rings is 2. The number of thioether (sulfide) groups is 1. The van der Waals surface area contributed by atoms with E-state index in [2.05, 4.69) is 22.9 Å². The lowest BCUT2D eigenvalue weighted by molar-refractivity contribution is -0.136. The summed E-state index contributed by atoms with van der Waals surface area (Å²) in [4.78, 5) is 41.3. The van der Waals surface area contributed by atoms with Gasteiger partial charge in [-0.05, 0) is 94.8 Å². The lowest BCUT2D eigenvalue weighted by Crippen LogP contribution is -2.45. The minimum Gasteiger partial charge on any atom is -0.490 e. The quantitative estimate of drug-likeness (QED) is 0.288. The van der Waals surface area contributed by atoms with Crippen LogP contribution >= 0.6 is 50.9 Å². The van der Waals surface area contributed by atoms with Gasteiger partial charge in [0, 0.05) is 13.1 Å². The van der Waals surface area contributed by atoms with Gasteiger partial charge in [0.15, 0.2) is 11.5 Å². The van der Waals surface area contributed by atoms with Gasteiger partial charge in [-0.2, -0.15) is 0 Å². The maximum Gasteiger partial charge on any atom is 0.294 e. The van der Waals surface area contributed by atoms with Crippen molar-refractivity contribution in [3.05, 3.63) is 60.9 Å². The number of hydrogen-bond donors (Lipinski definition) is 0. The molecule has 2 aliphatic heterocycles. The number of rotatable bonds is 8. The van der Waals surface area contributed by atoms with E-state index in [9.17, 15) is 14.4 Å². The van der Waals surface area contributed by atoms with Crippen molar-refractivity contribution in [3.63, 3.8) is 0 Å². The Bertz CT molecular complexity index is 1280. The Hall–Kier alpha value is -2.20. The molecule has 11 heteroatoms. The lowest BCUT2D eigenvalue weighted by Gasteiger charge is -2.31. The normalized spacial score (nSPS) is 17.4. The van der Waals surface area contributed by atoms with E-state index in [1.54, 1.807) is 35.2 Å². The van der Waals surface area contributed by atoms with Gasteiger partial charge in [-0.3, -0.25) is 19.3 Å². The number of ether oxygens (including phenoxy) is 2. The molecule has 38 heavy (non-hydrogen) atoms. The predicted molar refractivity (Wildman–Crippen MR) is 154 cm³/mol. The molecular formula is C27H27BrCl2N2O5S. The fourth-order valence-corrected chi connectivity index (χ4v) is 5.87. The number of piperidine rings is 1. The highest BCUT2D eigenvalue weighted by molar-refractivity contribution is 9.10. The summed E-state index contributed by atoms with van der Waals surface area (Å²) < 4.78 is 12.4. The molecule has 2 aromatic rings. The van der Waals surface area contributed by atoms with Crippen LogP contribution in [0.15, 0.2) is 39.7 Å². The Balaban J connectivity index is 1.49. The molecule has 2 heterocycles. The summed E-state index contributed by atoms with van der Waals surface area (Å²) >= 11 is 16.5. The molecule has 202 valence electrons. The van der Waals surface area contributed by atoms with Crippen LogP contribution in [0.1, 0.15) is 37.8 Å².